The zero-order valence-corrected chi connectivity index (χ0v) is 22.2. The lowest BCUT2D eigenvalue weighted by Crippen LogP contribution is -2.47. The predicted octanol–water partition coefficient (Wildman–Crippen LogP) is 2.05. The van der Waals surface area contributed by atoms with Crippen molar-refractivity contribution in [1.29, 1.82) is 0 Å². The fraction of sp³-hybridized carbons (Fsp3) is 0.423. The first-order chi connectivity index (χ1) is 18.3. The number of aromatic nitrogens is 3. The Labute approximate surface area is 225 Å². The number of aliphatic hydroxyl groups excluding tert-OH is 1. The van der Waals surface area contributed by atoms with Crippen molar-refractivity contribution in [3.05, 3.63) is 52.9 Å². The van der Waals surface area contributed by atoms with Crippen LogP contribution in [0.5, 0.6) is 0 Å². The van der Waals surface area contributed by atoms with E-state index in [1.165, 1.54) is 10.8 Å². The SMILES string of the molecule is CC(C)N1CCC(NC(=O)c2nc3c(C(=O)NCCO)cccc3n2CC(=O)Nc2ccc(Cl)cn2)CC1. The molecule has 0 unspecified atom stereocenters. The van der Waals surface area contributed by atoms with Crippen molar-refractivity contribution in [3.63, 3.8) is 0 Å². The number of nitrogens with zero attached hydrogens (tertiary/aromatic N) is 4. The van der Waals surface area contributed by atoms with E-state index in [0.717, 1.165) is 25.9 Å². The van der Waals surface area contributed by atoms with E-state index in [0.29, 0.717) is 27.9 Å². The number of hydrogen-bond acceptors (Lipinski definition) is 7. The number of piperidine rings is 1. The van der Waals surface area contributed by atoms with Crippen LogP contribution in [0.1, 0.15) is 47.7 Å². The number of benzene rings is 1. The number of likely N-dealkylation sites (tertiary alicyclic amines) is 1. The highest BCUT2D eigenvalue weighted by atomic mass is 35.5. The molecule has 0 aliphatic carbocycles. The second-order valence-electron chi connectivity index (χ2n) is 9.46. The summed E-state index contributed by atoms with van der Waals surface area (Å²) in [5.74, 6) is -0.919. The van der Waals surface area contributed by atoms with Crippen LogP contribution in [0, 0.1) is 0 Å². The van der Waals surface area contributed by atoms with Crippen molar-refractivity contribution < 1.29 is 19.5 Å². The van der Waals surface area contributed by atoms with Gasteiger partial charge in [-0.05, 0) is 51.0 Å². The van der Waals surface area contributed by atoms with Crippen LogP contribution >= 0.6 is 11.6 Å². The molecule has 202 valence electrons. The first kappa shape index (κ1) is 27.5. The largest absolute Gasteiger partial charge is 0.395 e. The third-order valence-corrected chi connectivity index (χ3v) is 6.74. The summed E-state index contributed by atoms with van der Waals surface area (Å²) < 4.78 is 1.50. The van der Waals surface area contributed by atoms with Crippen LogP contribution in [0.3, 0.4) is 0 Å². The van der Waals surface area contributed by atoms with Crippen molar-refractivity contribution in [2.75, 3.05) is 31.6 Å². The monoisotopic (exact) mass is 541 g/mol. The molecule has 1 aliphatic rings. The number of fused-ring (bicyclic) bond motifs is 1. The molecule has 1 aromatic carbocycles. The van der Waals surface area contributed by atoms with Crippen molar-refractivity contribution in [1.82, 2.24) is 30.1 Å². The first-order valence-electron chi connectivity index (χ1n) is 12.6. The van der Waals surface area contributed by atoms with Gasteiger partial charge in [0.05, 0.1) is 22.7 Å². The van der Waals surface area contributed by atoms with Crippen LogP contribution in [-0.4, -0.2) is 80.6 Å². The Balaban J connectivity index is 1.62. The third kappa shape index (κ3) is 6.47. The minimum Gasteiger partial charge on any atom is -0.395 e. The normalized spacial score (nSPS) is 14.6. The summed E-state index contributed by atoms with van der Waals surface area (Å²) in [5, 5.41) is 17.9. The summed E-state index contributed by atoms with van der Waals surface area (Å²) in [6.45, 7) is 5.71. The van der Waals surface area contributed by atoms with Crippen LogP contribution in [-0.2, 0) is 11.3 Å². The fourth-order valence-electron chi connectivity index (χ4n) is 4.51. The van der Waals surface area contributed by atoms with Crippen molar-refractivity contribution in [2.45, 2.75) is 45.3 Å². The van der Waals surface area contributed by atoms with E-state index < -0.39 is 17.7 Å². The molecule has 4 N–H and O–H groups in total. The van der Waals surface area contributed by atoms with E-state index >= 15 is 0 Å². The summed E-state index contributed by atoms with van der Waals surface area (Å²) in [4.78, 5) is 50.1. The molecular formula is C26H32ClN7O4. The van der Waals surface area contributed by atoms with Gasteiger partial charge < -0.3 is 30.5 Å². The highest BCUT2D eigenvalue weighted by molar-refractivity contribution is 6.30. The van der Waals surface area contributed by atoms with Gasteiger partial charge in [0.1, 0.15) is 17.9 Å². The average molecular weight is 542 g/mol. The molecule has 38 heavy (non-hydrogen) atoms. The number of rotatable bonds is 9. The smallest absolute Gasteiger partial charge is 0.287 e. The topological polar surface area (TPSA) is 141 Å². The van der Waals surface area contributed by atoms with Crippen LogP contribution in [0.25, 0.3) is 11.0 Å². The average Bonchev–Trinajstić information content (AvgIpc) is 3.27. The van der Waals surface area contributed by atoms with E-state index in [-0.39, 0.29) is 37.1 Å². The minimum atomic E-state index is -0.433. The summed E-state index contributed by atoms with van der Waals surface area (Å²) >= 11 is 5.88. The molecule has 3 amide bonds. The lowest BCUT2D eigenvalue weighted by atomic mass is 10.0. The highest BCUT2D eigenvalue weighted by Gasteiger charge is 2.27. The molecule has 2 aromatic heterocycles. The molecule has 3 aromatic rings. The van der Waals surface area contributed by atoms with E-state index in [2.05, 4.69) is 44.7 Å². The zero-order valence-electron chi connectivity index (χ0n) is 21.4. The number of halogens is 1. The van der Waals surface area contributed by atoms with E-state index in [9.17, 15) is 14.4 Å². The van der Waals surface area contributed by atoms with Gasteiger partial charge in [-0.25, -0.2) is 9.97 Å². The highest BCUT2D eigenvalue weighted by Crippen LogP contribution is 2.22. The number of carbonyl (C=O) groups is 3. The van der Waals surface area contributed by atoms with Crippen LogP contribution in [0.15, 0.2) is 36.5 Å². The van der Waals surface area contributed by atoms with Crippen LogP contribution in [0.2, 0.25) is 5.02 Å². The van der Waals surface area contributed by atoms with Gasteiger partial charge in [-0.1, -0.05) is 17.7 Å². The number of carbonyl (C=O) groups excluding carboxylic acids is 3. The number of nitrogens with one attached hydrogen (secondary N) is 3. The van der Waals surface area contributed by atoms with Crippen LogP contribution in [0.4, 0.5) is 5.82 Å². The van der Waals surface area contributed by atoms with Crippen molar-refractivity contribution in [3.8, 4) is 0 Å². The van der Waals surface area contributed by atoms with Crippen molar-refractivity contribution >= 4 is 46.2 Å². The van der Waals surface area contributed by atoms with Gasteiger partial charge in [0.2, 0.25) is 11.7 Å². The lowest BCUT2D eigenvalue weighted by Gasteiger charge is -2.34. The molecular weight excluding hydrogens is 510 g/mol. The van der Waals surface area contributed by atoms with E-state index in [1.807, 2.05) is 0 Å². The quantitative estimate of drug-likeness (QED) is 0.325. The molecule has 1 aliphatic heterocycles. The Bertz CT molecular complexity index is 1300. The molecule has 0 spiro atoms. The van der Waals surface area contributed by atoms with Gasteiger partial charge in [0.15, 0.2) is 0 Å². The lowest BCUT2D eigenvalue weighted by molar-refractivity contribution is -0.116. The van der Waals surface area contributed by atoms with Crippen LogP contribution < -0.4 is 16.0 Å². The predicted molar refractivity (Wildman–Crippen MR) is 144 cm³/mol. The summed E-state index contributed by atoms with van der Waals surface area (Å²) in [5.41, 5.74) is 0.995. The first-order valence-corrected chi connectivity index (χ1v) is 13.0. The second-order valence-corrected chi connectivity index (χ2v) is 9.90. The molecule has 0 atom stereocenters. The van der Waals surface area contributed by atoms with E-state index in [4.69, 9.17) is 16.7 Å². The molecule has 11 nitrogen and oxygen atoms in total. The van der Waals surface area contributed by atoms with Gasteiger partial charge in [0.25, 0.3) is 11.8 Å². The summed E-state index contributed by atoms with van der Waals surface area (Å²) in [6.07, 6.45) is 3.04. The zero-order chi connectivity index (χ0) is 27.2. The fourth-order valence-corrected chi connectivity index (χ4v) is 4.63. The van der Waals surface area contributed by atoms with Gasteiger partial charge >= 0.3 is 0 Å². The maximum Gasteiger partial charge on any atom is 0.287 e. The molecule has 3 heterocycles. The number of pyridine rings is 1. The molecule has 1 saturated heterocycles. The molecule has 1 fully saturated rings. The number of amides is 3. The number of para-hydroxylation sites is 1. The standard InChI is InChI=1S/C26H32ClN7O4/c1-16(2)33-11-8-18(9-12-33)30-26(38)24-32-23-19(25(37)28-10-13-35)4-3-5-20(23)34(24)15-22(36)31-21-7-6-17(27)14-29-21/h3-7,14,16,18,35H,8-13,15H2,1-2H3,(H,28,37)(H,30,38)(H,29,31,36). The van der Waals surface area contributed by atoms with Gasteiger partial charge in [-0.15, -0.1) is 0 Å². The number of aliphatic hydroxyl groups is 1. The van der Waals surface area contributed by atoms with E-state index in [1.54, 1.807) is 30.3 Å². The van der Waals surface area contributed by atoms with Gasteiger partial charge in [-0.2, -0.15) is 0 Å². The van der Waals surface area contributed by atoms with Crippen molar-refractivity contribution in [2.24, 2.45) is 0 Å². The molecule has 0 radical (unpaired) electrons. The Morgan fingerprint density at radius 1 is 1.13 bits per heavy atom. The minimum absolute atomic E-state index is 0.0230. The second kappa shape index (κ2) is 12.3. The molecule has 4 rings (SSSR count). The number of anilines is 1. The summed E-state index contributed by atoms with van der Waals surface area (Å²) in [7, 11) is 0. The maximum atomic E-state index is 13.4. The molecule has 0 bridgehead atoms. The van der Waals surface area contributed by atoms with Gasteiger partial charge in [-0.3, -0.25) is 14.4 Å². The number of imidazole rings is 1. The molecule has 12 heteroatoms. The van der Waals surface area contributed by atoms with Gasteiger partial charge in [0, 0.05) is 37.9 Å². The Hall–Kier alpha value is -3.54. The Morgan fingerprint density at radius 2 is 1.89 bits per heavy atom. The number of hydrogen-bond donors (Lipinski definition) is 4. The summed E-state index contributed by atoms with van der Waals surface area (Å²) in [6, 6.07) is 8.57. The third-order valence-electron chi connectivity index (χ3n) is 6.52. The maximum absolute atomic E-state index is 13.4. The molecule has 0 saturated carbocycles. The Morgan fingerprint density at radius 3 is 2.55 bits per heavy atom. The Kier molecular flexibility index (Phi) is 8.93.